The third-order valence-electron chi connectivity index (χ3n) is 4.36. The van der Waals surface area contributed by atoms with Crippen LogP contribution < -0.4 is 4.74 Å². The number of rotatable bonds is 5. The Hall–Kier alpha value is -2.82. The van der Waals surface area contributed by atoms with Crippen LogP contribution in [-0.2, 0) is 22.4 Å². The largest absolute Gasteiger partial charge is 0.496 e. The van der Waals surface area contributed by atoms with E-state index in [1.54, 1.807) is 7.11 Å². The van der Waals surface area contributed by atoms with Gasteiger partial charge in [-0.3, -0.25) is 4.79 Å². The number of amides is 2. The highest BCUT2D eigenvalue weighted by molar-refractivity contribution is 5.94. The molecule has 0 aromatic heterocycles. The van der Waals surface area contributed by atoms with Crippen LogP contribution in [0.2, 0.25) is 0 Å². The fourth-order valence-electron chi connectivity index (χ4n) is 3.11. The van der Waals surface area contributed by atoms with E-state index in [1.165, 1.54) is 4.90 Å². The standard InChI is InChI=1S/C20H21NO4/c1-14-10-16(8-9-18(14)24-2)12-19(22)21-17(13-25-20(21)23)11-15-6-4-3-5-7-15/h3-10,17H,11-13H2,1-2H3/t17-/m1/s1. The number of nitrogens with zero attached hydrogens (tertiary/aromatic N) is 1. The van der Waals surface area contributed by atoms with Gasteiger partial charge in [0.25, 0.3) is 0 Å². The zero-order chi connectivity index (χ0) is 17.8. The van der Waals surface area contributed by atoms with Crippen molar-refractivity contribution in [3.8, 4) is 5.75 Å². The molecule has 5 nitrogen and oxygen atoms in total. The molecule has 0 aliphatic carbocycles. The Morgan fingerprint density at radius 1 is 1.20 bits per heavy atom. The average Bonchev–Trinajstić information content (AvgIpc) is 2.96. The summed E-state index contributed by atoms with van der Waals surface area (Å²) >= 11 is 0. The van der Waals surface area contributed by atoms with Crippen LogP contribution in [0.5, 0.6) is 5.75 Å². The number of imide groups is 1. The molecule has 1 atom stereocenters. The predicted octanol–water partition coefficient (Wildman–Crippen LogP) is 3.14. The fraction of sp³-hybridized carbons (Fsp3) is 0.300. The fourth-order valence-corrected chi connectivity index (χ4v) is 3.11. The van der Waals surface area contributed by atoms with Crippen molar-refractivity contribution in [2.75, 3.05) is 13.7 Å². The molecule has 1 saturated heterocycles. The Bertz CT molecular complexity index is 773. The Labute approximate surface area is 147 Å². The smallest absolute Gasteiger partial charge is 0.416 e. The number of carbonyl (C=O) groups excluding carboxylic acids is 2. The average molecular weight is 339 g/mol. The number of aryl methyl sites for hydroxylation is 1. The van der Waals surface area contributed by atoms with Crippen molar-refractivity contribution in [3.63, 3.8) is 0 Å². The first kappa shape index (κ1) is 17.0. The van der Waals surface area contributed by atoms with Gasteiger partial charge in [-0.25, -0.2) is 9.69 Å². The first-order valence-electron chi connectivity index (χ1n) is 8.24. The monoisotopic (exact) mass is 339 g/mol. The summed E-state index contributed by atoms with van der Waals surface area (Å²) in [4.78, 5) is 26.0. The van der Waals surface area contributed by atoms with Gasteiger partial charge in [0.2, 0.25) is 5.91 Å². The van der Waals surface area contributed by atoms with Crippen molar-refractivity contribution < 1.29 is 19.1 Å². The van der Waals surface area contributed by atoms with Gasteiger partial charge in [-0.2, -0.15) is 0 Å². The number of hydrogen-bond acceptors (Lipinski definition) is 4. The van der Waals surface area contributed by atoms with Crippen LogP contribution in [0.15, 0.2) is 48.5 Å². The number of hydrogen-bond donors (Lipinski definition) is 0. The van der Waals surface area contributed by atoms with Crippen LogP contribution in [0.4, 0.5) is 4.79 Å². The van der Waals surface area contributed by atoms with Crippen LogP contribution >= 0.6 is 0 Å². The molecular weight excluding hydrogens is 318 g/mol. The second-order valence-electron chi connectivity index (χ2n) is 6.16. The zero-order valence-electron chi connectivity index (χ0n) is 14.4. The molecule has 5 heteroatoms. The van der Waals surface area contributed by atoms with Gasteiger partial charge in [0.15, 0.2) is 0 Å². The normalized spacial score (nSPS) is 16.6. The van der Waals surface area contributed by atoms with Crippen molar-refractivity contribution in [3.05, 3.63) is 65.2 Å². The Morgan fingerprint density at radius 2 is 1.96 bits per heavy atom. The molecular formula is C20H21NO4. The third-order valence-corrected chi connectivity index (χ3v) is 4.36. The maximum absolute atomic E-state index is 12.7. The highest BCUT2D eigenvalue weighted by Gasteiger charge is 2.37. The topological polar surface area (TPSA) is 55.8 Å². The van der Waals surface area contributed by atoms with Gasteiger partial charge in [-0.15, -0.1) is 0 Å². The lowest BCUT2D eigenvalue weighted by atomic mass is 10.0. The second-order valence-corrected chi connectivity index (χ2v) is 6.16. The molecule has 0 N–H and O–H groups in total. The van der Waals surface area contributed by atoms with Crippen LogP contribution in [0.3, 0.4) is 0 Å². The molecule has 0 radical (unpaired) electrons. The molecule has 0 spiro atoms. The molecule has 1 heterocycles. The minimum absolute atomic E-state index is 0.158. The van der Waals surface area contributed by atoms with Crippen molar-refractivity contribution in [1.82, 2.24) is 4.90 Å². The van der Waals surface area contributed by atoms with Crippen molar-refractivity contribution >= 4 is 12.0 Å². The minimum atomic E-state index is -0.559. The van der Waals surface area contributed by atoms with Gasteiger partial charge in [0.1, 0.15) is 12.4 Å². The highest BCUT2D eigenvalue weighted by Crippen LogP contribution is 2.22. The Kier molecular flexibility index (Phi) is 5.03. The summed E-state index contributed by atoms with van der Waals surface area (Å²) < 4.78 is 10.4. The number of methoxy groups -OCH3 is 1. The van der Waals surface area contributed by atoms with Gasteiger partial charge in [0.05, 0.1) is 19.6 Å². The van der Waals surface area contributed by atoms with Gasteiger partial charge < -0.3 is 9.47 Å². The number of cyclic esters (lactones) is 1. The van der Waals surface area contributed by atoms with E-state index in [2.05, 4.69) is 0 Å². The first-order valence-corrected chi connectivity index (χ1v) is 8.24. The molecule has 1 aliphatic rings. The molecule has 0 saturated carbocycles. The molecule has 3 rings (SSSR count). The zero-order valence-corrected chi connectivity index (χ0v) is 14.4. The van der Waals surface area contributed by atoms with E-state index >= 15 is 0 Å². The van der Waals surface area contributed by atoms with E-state index < -0.39 is 6.09 Å². The molecule has 130 valence electrons. The minimum Gasteiger partial charge on any atom is -0.496 e. The molecule has 2 aromatic rings. The molecule has 1 aliphatic heterocycles. The van der Waals surface area contributed by atoms with Crippen molar-refractivity contribution in [2.24, 2.45) is 0 Å². The van der Waals surface area contributed by atoms with E-state index in [0.717, 1.165) is 22.4 Å². The number of carbonyl (C=O) groups is 2. The van der Waals surface area contributed by atoms with E-state index in [9.17, 15) is 9.59 Å². The van der Waals surface area contributed by atoms with Crippen molar-refractivity contribution in [2.45, 2.75) is 25.8 Å². The molecule has 1 fully saturated rings. The second kappa shape index (κ2) is 7.38. The van der Waals surface area contributed by atoms with Crippen LogP contribution in [0, 0.1) is 6.92 Å². The maximum atomic E-state index is 12.7. The summed E-state index contributed by atoms with van der Waals surface area (Å²) in [6, 6.07) is 15.1. The number of ether oxygens (including phenoxy) is 2. The summed E-state index contributed by atoms with van der Waals surface area (Å²) in [5, 5.41) is 0. The summed E-state index contributed by atoms with van der Waals surface area (Å²) in [5.74, 6) is 0.534. The van der Waals surface area contributed by atoms with E-state index in [0.29, 0.717) is 6.42 Å². The lowest BCUT2D eigenvalue weighted by Crippen LogP contribution is -2.41. The van der Waals surface area contributed by atoms with E-state index in [-0.39, 0.29) is 25.0 Å². The quantitative estimate of drug-likeness (QED) is 0.840. The SMILES string of the molecule is COc1ccc(CC(=O)N2C(=O)OC[C@H]2Cc2ccccc2)cc1C. The predicted molar refractivity (Wildman–Crippen MR) is 93.6 cm³/mol. The highest BCUT2D eigenvalue weighted by atomic mass is 16.6. The van der Waals surface area contributed by atoms with Crippen LogP contribution in [0.1, 0.15) is 16.7 Å². The lowest BCUT2D eigenvalue weighted by Gasteiger charge is -2.20. The third kappa shape index (κ3) is 3.82. The van der Waals surface area contributed by atoms with E-state index in [4.69, 9.17) is 9.47 Å². The van der Waals surface area contributed by atoms with Crippen LogP contribution in [0.25, 0.3) is 0 Å². The van der Waals surface area contributed by atoms with Gasteiger partial charge in [0, 0.05) is 0 Å². The summed E-state index contributed by atoms with van der Waals surface area (Å²) in [6.07, 6.45) is 0.196. The Morgan fingerprint density at radius 3 is 2.64 bits per heavy atom. The molecule has 2 aromatic carbocycles. The first-order chi connectivity index (χ1) is 12.1. The van der Waals surface area contributed by atoms with Crippen molar-refractivity contribution in [1.29, 1.82) is 0 Å². The summed E-state index contributed by atoms with van der Waals surface area (Å²) in [5.41, 5.74) is 2.88. The lowest BCUT2D eigenvalue weighted by molar-refractivity contribution is -0.128. The van der Waals surface area contributed by atoms with E-state index in [1.807, 2.05) is 55.5 Å². The molecule has 0 unspecified atom stereocenters. The van der Waals surface area contributed by atoms with Gasteiger partial charge in [-0.1, -0.05) is 42.5 Å². The Balaban J connectivity index is 1.72. The van der Waals surface area contributed by atoms with Gasteiger partial charge >= 0.3 is 6.09 Å². The summed E-state index contributed by atoms with van der Waals surface area (Å²) in [7, 11) is 1.61. The molecule has 0 bridgehead atoms. The number of benzene rings is 2. The van der Waals surface area contributed by atoms with Crippen LogP contribution in [-0.4, -0.2) is 36.7 Å². The maximum Gasteiger partial charge on any atom is 0.416 e. The van der Waals surface area contributed by atoms with Gasteiger partial charge in [-0.05, 0) is 36.1 Å². The molecule has 25 heavy (non-hydrogen) atoms. The summed E-state index contributed by atoms with van der Waals surface area (Å²) in [6.45, 7) is 2.16. The molecule has 2 amide bonds.